The Morgan fingerprint density at radius 2 is 1.75 bits per heavy atom. The van der Waals surface area contributed by atoms with Crippen molar-refractivity contribution in [3.63, 3.8) is 0 Å². The van der Waals surface area contributed by atoms with Crippen LogP contribution in [-0.2, 0) is 6.18 Å². The lowest BCUT2D eigenvalue weighted by atomic mass is 10.1. The summed E-state index contributed by atoms with van der Waals surface area (Å²) in [4.78, 5) is 1.03. The molecular weight excluding hydrogens is 285 g/mol. The van der Waals surface area contributed by atoms with Gasteiger partial charge in [-0.1, -0.05) is 6.07 Å². The Hall–Kier alpha value is -1.82. The van der Waals surface area contributed by atoms with Crippen LogP contribution in [0.3, 0.4) is 0 Å². The van der Waals surface area contributed by atoms with Gasteiger partial charge < -0.3 is 11.1 Å². The van der Waals surface area contributed by atoms with Gasteiger partial charge in [-0.25, -0.2) is 0 Å². The highest BCUT2D eigenvalue weighted by Gasteiger charge is 2.33. The van der Waals surface area contributed by atoms with E-state index >= 15 is 0 Å². The fraction of sp³-hybridized carbons (Fsp3) is 0.143. The van der Waals surface area contributed by atoms with Crippen LogP contribution in [0.5, 0.6) is 0 Å². The summed E-state index contributed by atoms with van der Waals surface area (Å²) in [5.41, 5.74) is 5.34. The minimum absolute atomic E-state index is 0.277. The van der Waals surface area contributed by atoms with E-state index in [9.17, 15) is 13.2 Å². The van der Waals surface area contributed by atoms with Crippen molar-refractivity contribution in [1.82, 2.24) is 0 Å². The van der Waals surface area contributed by atoms with Crippen molar-refractivity contribution in [2.24, 2.45) is 0 Å². The third kappa shape index (κ3) is 3.39. The van der Waals surface area contributed by atoms with Gasteiger partial charge in [-0.05, 0) is 42.7 Å². The highest BCUT2D eigenvalue weighted by molar-refractivity contribution is 7.98. The summed E-state index contributed by atoms with van der Waals surface area (Å²) in [5.74, 6) is 0. The Morgan fingerprint density at radius 3 is 2.40 bits per heavy atom. The van der Waals surface area contributed by atoms with E-state index in [0.717, 1.165) is 16.6 Å². The molecule has 2 aromatic rings. The molecule has 0 aliphatic heterocycles. The third-order valence-electron chi connectivity index (χ3n) is 2.72. The lowest BCUT2D eigenvalue weighted by Crippen LogP contribution is -2.09. The van der Waals surface area contributed by atoms with Crippen LogP contribution in [0.15, 0.2) is 47.4 Å². The average Bonchev–Trinajstić information content (AvgIpc) is 2.40. The maximum absolute atomic E-state index is 12.8. The number of alkyl halides is 3. The van der Waals surface area contributed by atoms with Gasteiger partial charge in [0.2, 0.25) is 0 Å². The molecule has 0 saturated carbocycles. The van der Waals surface area contributed by atoms with Gasteiger partial charge in [-0.2, -0.15) is 13.2 Å². The van der Waals surface area contributed by atoms with Gasteiger partial charge in [-0.3, -0.25) is 0 Å². The van der Waals surface area contributed by atoms with Crippen LogP contribution in [0.25, 0.3) is 0 Å². The fourth-order valence-electron chi connectivity index (χ4n) is 1.75. The number of anilines is 3. The van der Waals surface area contributed by atoms with Crippen molar-refractivity contribution < 1.29 is 13.2 Å². The first-order valence-electron chi connectivity index (χ1n) is 5.78. The minimum Gasteiger partial charge on any atom is -0.398 e. The normalized spacial score (nSPS) is 11.4. The molecule has 6 heteroatoms. The van der Waals surface area contributed by atoms with E-state index in [2.05, 4.69) is 5.32 Å². The molecule has 0 unspecified atom stereocenters. The predicted octanol–water partition coefficient (Wildman–Crippen LogP) is 4.75. The van der Waals surface area contributed by atoms with E-state index in [1.807, 2.05) is 24.5 Å². The summed E-state index contributed by atoms with van der Waals surface area (Å²) in [7, 11) is 0. The molecule has 0 aliphatic rings. The van der Waals surface area contributed by atoms with Gasteiger partial charge in [0, 0.05) is 22.0 Å². The number of nitrogens with two attached hydrogens (primary N) is 1. The molecule has 106 valence electrons. The first kappa shape index (κ1) is 14.6. The SMILES string of the molecule is CSc1cccc(Nc2ccc(N)c(C(F)(F)F)c2)c1. The Kier molecular flexibility index (Phi) is 4.13. The molecule has 0 aromatic heterocycles. The number of hydrogen-bond acceptors (Lipinski definition) is 3. The summed E-state index contributed by atoms with van der Waals surface area (Å²) < 4.78 is 38.3. The fourth-order valence-corrected chi connectivity index (χ4v) is 2.21. The quantitative estimate of drug-likeness (QED) is 0.634. The number of nitrogen functional groups attached to an aromatic ring is 1. The highest BCUT2D eigenvalue weighted by atomic mass is 32.2. The van der Waals surface area contributed by atoms with E-state index in [4.69, 9.17) is 5.73 Å². The Labute approximate surface area is 119 Å². The van der Waals surface area contributed by atoms with Gasteiger partial charge in [0.1, 0.15) is 0 Å². The van der Waals surface area contributed by atoms with E-state index < -0.39 is 11.7 Å². The Balaban J connectivity index is 2.30. The first-order chi connectivity index (χ1) is 9.40. The standard InChI is InChI=1S/C14H13F3N2S/c1-20-11-4-2-3-9(7-11)19-10-5-6-13(18)12(8-10)14(15,16)17/h2-8,19H,18H2,1H3. The second-order valence-corrected chi connectivity index (χ2v) is 5.04. The van der Waals surface area contributed by atoms with Crippen molar-refractivity contribution in [1.29, 1.82) is 0 Å². The molecule has 0 amide bonds. The van der Waals surface area contributed by atoms with Crippen molar-refractivity contribution in [2.75, 3.05) is 17.3 Å². The molecule has 0 bridgehead atoms. The number of rotatable bonds is 3. The number of hydrogen-bond donors (Lipinski definition) is 2. The van der Waals surface area contributed by atoms with E-state index in [-0.39, 0.29) is 5.69 Å². The highest BCUT2D eigenvalue weighted by Crippen LogP contribution is 2.35. The van der Waals surface area contributed by atoms with Gasteiger partial charge in [-0.15, -0.1) is 11.8 Å². The predicted molar refractivity (Wildman–Crippen MR) is 77.4 cm³/mol. The summed E-state index contributed by atoms with van der Waals surface area (Å²) in [6, 6.07) is 11.2. The zero-order valence-corrected chi connectivity index (χ0v) is 11.5. The molecular formula is C14H13F3N2S. The molecule has 0 radical (unpaired) electrons. The van der Waals surface area contributed by atoms with Crippen LogP contribution in [0.4, 0.5) is 30.2 Å². The molecule has 2 aromatic carbocycles. The zero-order valence-electron chi connectivity index (χ0n) is 10.7. The van der Waals surface area contributed by atoms with Crippen LogP contribution < -0.4 is 11.1 Å². The lowest BCUT2D eigenvalue weighted by molar-refractivity contribution is -0.136. The molecule has 2 rings (SSSR count). The van der Waals surface area contributed by atoms with E-state index in [1.165, 1.54) is 12.1 Å². The molecule has 0 atom stereocenters. The molecule has 2 nitrogen and oxygen atoms in total. The summed E-state index contributed by atoms with van der Waals surface area (Å²) >= 11 is 1.56. The van der Waals surface area contributed by atoms with Crippen molar-refractivity contribution in [3.05, 3.63) is 48.0 Å². The van der Waals surface area contributed by atoms with Gasteiger partial charge in [0.15, 0.2) is 0 Å². The van der Waals surface area contributed by atoms with Crippen molar-refractivity contribution >= 4 is 28.8 Å². The van der Waals surface area contributed by atoms with Crippen LogP contribution in [0.2, 0.25) is 0 Å². The zero-order chi connectivity index (χ0) is 14.8. The van der Waals surface area contributed by atoms with Gasteiger partial charge >= 0.3 is 6.18 Å². The minimum atomic E-state index is -4.46. The Bertz CT molecular complexity index is 612. The molecule has 0 fully saturated rings. The molecule has 0 aliphatic carbocycles. The topological polar surface area (TPSA) is 38.0 Å². The summed E-state index contributed by atoms with van der Waals surface area (Å²) in [6.45, 7) is 0. The summed E-state index contributed by atoms with van der Waals surface area (Å²) in [5, 5.41) is 2.95. The van der Waals surface area contributed by atoms with Crippen LogP contribution in [0, 0.1) is 0 Å². The largest absolute Gasteiger partial charge is 0.418 e. The third-order valence-corrected chi connectivity index (χ3v) is 3.44. The maximum Gasteiger partial charge on any atom is 0.418 e. The molecule has 0 spiro atoms. The van der Waals surface area contributed by atoms with Crippen molar-refractivity contribution in [2.45, 2.75) is 11.1 Å². The second-order valence-electron chi connectivity index (χ2n) is 4.16. The summed E-state index contributed by atoms with van der Waals surface area (Å²) in [6.07, 6.45) is -2.52. The number of benzene rings is 2. The second kappa shape index (κ2) is 5.66. The van der Waals surface area contributed by atoms with Crippen LogP contribution in [-0.4, -0.2) is 6.26 Å². The molecule has 3 N–H and O–H groups in total. The monoisotopic (exact) mass is 298 g/mol. The van der Waals surface area contributed by atoms with Gasteiger partial charge in [0.25, 0.3) is 0 Å². The average molecular weight is 298 g/mol. The Morgan fingerprint density at radius 1 is 1.05 bits per heavy atom. The van der Waals surface area contributed by atoms with Gasteiger partial charge in [0.05, 0.1) is 5.56 Å². The first-order valence-corrected chi connectivity index (χ1v) is 7.00. The number of nitrogens with one attached hydrogen (secondary N) is 1. The van der Waals surface area contributed by atoms with Crippen LogP contribution in [0.1, 0.15) is 5.56 Å². The molecule has 0 heterocycles. The van der Waals surface area contributed by atoms with E-state index in [1.54, 1.807) is 17.8 Å². The molecule has 20 heavy (non-hydrogen) atoms. The number of halogens is 3. The smallest absolute Gasteiger partial charge is 0.398 e. The van der Waals surface area contributed by atoms with E-state index in [0.29, 0.717) is 5.69 Å². The molecule has 0 saturated heterocycles. The van der Waals surface area contributed by atoms with Crippen LogP contribution >= 0.6 is 11.8 Å². The maximum atomic E-state index is 12.8. The van der Waals surface area contributed by atoms with Crippen molar-refractivity contribution in [3.8, 4) is 0 Å². The number of thioether (sulfide) groups is 1. The lowest BCUT2D eigenvalue weighted by Gasteiger charge is -2.13.